The molecule has 104 valence electrons. The van der Waals surface area contributed by atoms with E-state index in [-0.39, 0.29) is 0 Å². The first-order chi connectivity index (χ1) is 9.90. The number of nitrogens with one attached hydrogen (secondary N) is 1. The molecule has 6 heteroatoms. The van der Waals surface area contributed by atoms with Crippen molar-refractivity contribution in [2.45, 2.75) is 25.4 Å². The van der Waals surface area contributed by atoms with E-state index >= 15 is 0 Å². The lowest BCUT2D eigenvalue weighted by Gasteiger charge is -2.19. The third kappa shape index (κ3) is 2.22. The number of hydrogen-bond donors (Lipinski definition) is 1. The van der Waals surface area contributed by atoms with Crippen LogP contribution in [-0.2, 0) is 6.54 Å². The summed E-state index contributed by atoms with van der Waals surface area (Å²) in [4.78, 5) is 0. The molecule has 0 spiro atoms. The topological polar surface area (TPSA) is 69.4 Å². The minimum atomic E-state index is 0.472. The van der Waals surface area contributed by atoms with Crippen molar-refractivity contribution in [2.24, 2.45) is 0 Å². The van der Waals surface area contributed by atoms with Crippen LogP contribution in [0.4, 0.5) is 0 Å². The maximum absolute atomic E-state index is 5.69. The van der Waals surface area contributed by atoms with Gasteiger partial charge in [0.1, 0.15) is 13.2 Å². The molecule has 1 aliphatic carbocycles. The van der Waals surface area contributed by atoms with E-state index in [1.54, 1.807) is 0 Å². The first-order valence-corrected chi connectivity index (χ1v) is 6.85. The van der Waals surface area contributed by atoms with Gasteiger partial charge in [0.25, 0.3) is 5.89 Å². The van der Waals surface area contributed by atoms with Crippen LogP contribution in [0, 0.1) is 0 Å². The van der Waals surface area contributed by atoms with Crippen LogP contribution in [0.5, 0.6) is 11.5 Å². The summed E-state index contributed by atoms with van der Waals surface area (Å²) in [6, 6.07) is 6.30. The third-order valence-corrected chi connectivity index (χ3v) is 3.38. The molecule has 0 saturated heterocycles. The second-order valence-corrected chi connectivity index (χ2v) is 4.99. The minimum absolute atomic E-state index is 0.472. The molecule has 1 N–H and O–H groups in total. The summed E-state index contributed by atoms with van der Waals surface area (Å²) in [5.74, 6) is 2.48. The van der Waals surface area contributed by atoms with Gasteiger partial charge in [-0.25, -0.2) is 0 Å². The fourth-order valence-corrected chi connectivity index (χ4v) is 2.20. The third-order valence-electron chi connectivity index (χ3n) is 3.38. The Morgan fingerprint density at radius 2 is 2.05 bits per heavy atom. The van der Waals surface area contributed by atoms with Crippen LogP contribution >= 0.6 is 0 Å². The number of para-hydroxylation sites is 1. The van der Waals surface area contributed by atoms with Crippen LogP contribution in [0.25, 0.3) is 11.5 Å². The zero-order valence-corrected chi connectivity index (χ0v) is 11.0. The number of nitrogens with zero attached hydrogens (tertiary/aromatic N) is 2. The molecule has 0 radical (unpaired) electrons. The molecular formula is C14H15N3O3. The fraction of sp³-hybridized carbons (Fsp3) is 0.429. The van der Waals surface area contributed by atoms with E-state index in [4.69, 9.17) is 13.9 Å². The molecule has 0 unspecified atom stereocenters. The number of ether oxygens (including phenoxy) is 2. The minimum Gasteiger partial charge on any atom is -0.486 e. The SMILES string of the molecule is c1cc2c(c(-c3nnc(CNC4CC4)o3)c1)OCCO2. The van der Waals surface area contributed by atoms with E-state index in [2.05, 4.69) is 15.5 Å². The van der Waals surface area contributed by atoms with Gasteiger partial charge >= 0.3 is 0 Å². The van der Waals surface area contributed by atoms with Crippen molar-refractivity contribution in [1.82, 2.24) is 15.5 Å². The first-order valence-electron chi connectivity index (χ1n) is 6.85. The number of hydrogen-bond acceptors (Lipinski definition) is 6. The first kappa shape index (κ1) is 11.7. The van der Waals surface area contributed by atoms with Crippen LogP contribution in [0.15, 0.2) is 22.6 Å². The molecule has 1 fully saturated rings. The predicted molar refractivity (Wildman–Crippen MR) is 70.6 cm³/mol. The average Bonchev–Trinajstić information content (AvgIpc) is 3.21. The van der Waals surface area contributed by atoms with Gasteiger partial charge in [0.2, 0.25) is 5.89 Å². The molecule has 2 aliphatic rings. The summed E-state index contributed by atoms with van der Waals surface area (Å²) in [6.45, 7) is 1.72. The van der Waals surface area contributed by atoms with Crippen LogP contribution in [0.3, 0.4) is 0 Å². The summed E-state index contributed by atoms with van der Waals surface area (Å²) in [6.07, 6.45) is 2.47. The van der Waals surface area contributed by atoms with Gasteiger partial charge in [0.15, 0.2) is 11.5 Å². The largest absolute Gasteiger partial charge is 0.486 e. The number of benzene rings is 1. The van der Waals surface area contributed by atoms with Crippen LogP contribution in [0.1, 0.15) is 18.7 Å². The molecule has 1 aromatic carbocycles. The molecule has 20 heavy (non-hydrogen) atoms. The van der Waals surface area contributed by atoms with Gasteiger partial charge in [0, 0.05) is 6.04 Å². The maximum Gasteiger partial charge on any atom is 0.251 e. The Labute approximate surface area is 116 Å². The monoisotopic (exact) mass is 273 g/mol. The fourth-order valence-electron chi connectivity index (χ4n) is 2.20. The van der Waals surface area contributed by atoms with Crippen molar-refractivity contribution in [3.05, 3.63) is 24.1 Å². The Kier molecular flexibility index (Phi) is 2.81. The van der Waals surface area contributed by atoms with Gasteiger partial charge in [-0.2, -0.15) is 0 Å². The van der Waals surface area contributed by atoms with Gasteiger partial charge in [0.05, 0.1) is 12.1 Å². The van der Waals surface area contributed by atoms with Crippen LogP contribution < -0.4 is 14.8 Å². The van der Waals surface area contributed by atoms with E-state index in [0.29, 0.717) is 43.3 Å². The molecule has 1 aromatic heterocycles. The van der Waals surface area contributed by atoms with Gasteiger partial charge in [-0.3, -0.25) is 0 Å². The van der Waals surface area contributed by atoms with Gasteiger partial charge < -0.3 is 19.2 Å². The molecule has 1 saturated carbocycles. The molecule has 6 nitrogen and oxygen atoms in total. The Hall–Kier alpha value is -2.08. The molecule has 0 atom stereocenters. The average molecular weight is 273 g/mol. The lowest BCUT2D eigenvalue weighted by Crippen LogP contribution is -2.15. The zero-order chi connectivity index (χ0) is 13.4. The van der Waals surface area contributed by atoms with E-state index in [9.17, 15) is 0 Å². The highest BCUT2D eigenvalue weighted by molar-refractivity contribution is 5.67. The quantitative estimate of drug-likeness (QED) is 0.915. The normalized spacial score (nSPS) is 17.2. The Morgan fingerprint density at radius 3 is 2.95 bits per heavy atom. The number of aromatic nitrogens is 2. The second-order valence-electron chi connectivity index (χ2n) is 4.99. The van der Waals surface area contributed by atoms with Crippen molar-refractivity contribution >= 4 is 0 Å². The predicted octanol–water partition coefficient (Wildman–Crippen LogP) is 1.76. The second kappa shape index (κ2) is 4.79. The van der Waals surface area contributed by atoms with E-state index in [1.165, 1.54) is 12.8 Å². The Morgan fingerprint density at radius 1 is 1.15 bits per heavy atom. The highest BCUT2D eigenvalue weighted by Gasteiger charge is 2.23. The smallest absolute Gasteiger partial charge is 0.251 e. The maximum atomic E-state index is 5.69. The van der Waals surface area contributed by atoms with E-state index in [0.717, 1.165) is 11.3 Å². The summed E-state index contributed by atoms with van der Waals surface area (Å²) in [7, 11) is 0. The highest BCUT2D eigenvalue weighted by Crippen LogP contribution is 2.39. The van der Waals surface area contributed by atoms with Crippen LogP contribution in [0.2, 0.25) is 0 Å². The molecule has 0 bridgehead atoms. The van der Waals surface area contributed by atoms with Crippen molar-refractivity contribution in [1.29, 1.82) is 0 Å². The lowest BCUT2D eigenvalue weighted by molar-refractivity contribution is 0.172. The van der Waals surface area contributed by atoms with Crippen molar-refractivity contribution in [3.8, 4) is 23.0 Å². The number of fused-ring (bicyclic) bond motifs is 1. The standard InChI is InChI=1S/C14H15N3O3/c1-2-10(13-11(3-1)18-6-7-19-13)14-17-16-12(20-14)8-15-9-4-5-9/h1-3,9,15H,4-8H2. The Bertz CT molecular complexity index is 622. The lowest BCUT2D eigenvalue weighted by atomic mass is 10.2. The summed E-state index contributed by atoms with van der Waals surface area (Å²) >= 11 is 0. The summed E-state index contributed by atoms with van der Waals surface area (Å²) in [5.41, 5.74) is 0.785. The van der Waals surface area contributed by atoms with E-state index in [1.807, 2.05) is 18.2 Å². The van der Waals surface area contributed by atoms with Gasteiger partial charge in [-0.05, 0) is 25.0 Å². The summed E-state index contributed by atoms with van der Waals surface area (Å²) in [5, 5.41) is 11.5. The number of rotatable bonds is 4. The molecule has 1 aliphatic heterocycles. The molecular weight excluding hydrogens is 258 g/mol. The molecule has 2 aromatic rings. The molecule has 2 heterocycles. The summed E-state index contributed by atoms with van der Waals surface area (Å²) < 4.78 is 16.9. The van der Waals surface area contributed by atoms with Crippen molar-refractivity contribution in [3.63, 3.8) is 0 Å². The molecule has 0 amide bonds. The van der Waals surface area contributed by atoms with E-state index < -0.39 is 0 Å². The van der Waals surface area contributed by atoms with Gasteiger partial charge in [-0.15, -0.1) is 10.2 Å². The highest BCUT2D eigenvalue weighted by atomic mass is 16.6. The molecule has 4 rings (SSSR count). The Balaban J connectivity index is 1.60. The van der Waals surface area contributed by atoms with Crippen LogP contribution in [-0.4, -0.2) is 29.5 Å². The van der Waals surface area contributed by atoms with Crippen molar-refractivity contribution in [2.75, 3.05) is 13.2 Å². The van der Waals surface area contributed by atoms with Crippen molar-refractivity contribution < 1.29 is 13.9 Å². The zero-order valence-electron chi connectivity index (χ0n) is 11.0. The van der Waals surface area contributed by atoms with Gasteiger partial charge in [-0.1, -0.05) is 6.07 Å².